The number of sulfone groups is 1. The zero-order valence-electron chi connectivity index (χ0n) is 15.6. The molecular weight excluding hydrogens is 350 g/mol. The average Bonchev–Trinajstić information content (AvgIpc) is 3.09. The zero-order chi connectivity index (χ0) is 19.1. The van der Waals surface area contributed by atoms with E-state index in [1.807, 2.05) is 31.2 Å². The molecule has 1 fully saturated rings. The normalized spacial score (nSPS) is 19.5. The van der Waals surface area contributed by atoms with Crippen LogP contribution in [-0.2, 0) is 15.3 Å². The predicted molar refractivity (Wildman–Crippen MR) is 102 cm³/mol. The number of carbonyl (C=O) groups excluding carboxylic acids is 1. The second kappa shape index (κ2) is 6.54. The van der Waals surface area contributed by atoms with Crippen LogP contribution in [0.4, 0.5) is 5.69 Å². The van der Waals surface area contributed by atoms with Gasteiger partial charge < -0.3 is 5.32 Å². The lowest BCUT2D eigenvalue weighted by Crippen LogP contribution is -2.17. The third kappa shape index (κ3) is 3.98. The van der Waals surface area contributed by atoms with Crippen LogP contribution in [0.25, 0.3) is 0 Å². The smallest absolute Gasteiger partial charge is 0.276 e. The Kier molecular flexibility index (Phi) is 4.69. The van der Waals surface area contributed by atoms with Crippen LogP contribution in [0.15, 0.2) is 30.3 Å². The van der Waals surface area contributed by atoms with Gasteiger partial charge in [-0.1, -0.05) is 32.9 Å². The Morgan fingerprint density at radius 1 is 1.23 bits per heavy atom. The molecule has 1 aliphatic heterocycles. The average molecular weight is 375 g/mol. The molecule has 0 radical (unpaired) electrons. The van der Waals surface area contributed by atoms with E-state index in [0.29, 0.717) is 17.8 Å². The highest BCUT2D eigenvalue weighted by molar-refractivity contribution is 7.91. The van der Waals surface area contributed by atoms with Crippen molar-refractivity contribution >= 4 is 21.4 Å². The zero-order valence-corrected chi connectivity index (χ0v) is 16.4. The molecular formula is C19H25N3O3S. The second-order valence-electron chi connectivity index (χ2n) is 7.95. The van der Waals surface area contributed by atoms with Crippen molar-refractivity contribution in [1.29, 1.82) is 0 Å². The number of nitrogens with one attached hydrogen (secondary N) is 1. The molecule has 1 aromatic carbocycles. The molecule has 2 heterocycles. The van der Waals surface area contributed by atoms with E-state index in [-0.39, 0.29) is 28.9 Å². The summed E-state index contributed by atoms with van der Waals surface area (Å²) >= 11 is 0. The van der Waals surface area contributed by atoms with Gasteiger partial charge in [0.2, 0.25) is 0 Å². The first-order valence-corrected chi connectivity index (χ1v) is 10.6. The fraction of sp³-hybridized carbons (Fsp3) is 0.474. The number of anilines is 1. The molecule has 2 aromatic rings. The maximum absolute atomic E-state index is 12.5. The Bertz CT molecular complexity index is 922. The Balaban J connectivity index is 1.74. The number of amides is 1. The van der Waals surface area contributed by atoms with Gasteiger partial charge in [0.25, 0.3) is 5.91 Å². The van der Waals surface area contributed by atoms with Crippen molar-refractivity contribution in [1.82, 2.24) is 9.78 Å². The molecule has 1 amide bonds. The molecule has 3 rings (SSSR count). The first kappa shape index (κ1) is 18.6. The Labute approximate surface area is 154 Å². The third-order valence-electron chi connectivity index (χ3n) is 4.72. The van der Waals surface area contributed by atoms with E-state index < -0.39 is 9.84 Å². The van der Waals surface area contributed by atoms with Crippen molar-refractivity contribution in [3.05, 3.63) is 47.3 Å². The van der Waals surface area contributed by atoms with E-state index in [4.69, 9.17) is 0 Å². The number of benzene rings is 1. The monoisotopic (exact) mass is 375 g/mol. The minimum Gasteiger partial charge on any atom is -0.321 e. The van der Waals surface area contributed by atoms with Crippen molar-refractivity contribution in [2.24, 2.45) is 0 Å². The molecule has 1 aliphatic rings. The van der Waals surface area contributed by atoms with Crippen molar-refractivity contribution in [2.75, 3.05) is 16.8 Å². The van der Waals surface area contributed by atoms with Gasteiger partial charge in [0.15, 0.2) is 15.5 Å². The van der Waals surface area contributed by atoms with E-state index in [2.05, 4.69) is 31.2 Å². The van der Waals surface area contributed by atoms with Crippen LogP contribution in [0.3, 0.4) is 0 Å². The predicted octanol–water partition coefficient (Wildman–Crippen LogP) is 3.10. The van der Waals surface area contributed by atoms with Crippen LogP contribution in [0.2, 0.25) is 0 Å². The molecule has 1 N–H and O–H groups in total. The van der Waals surface area contributed by atoms with Gasteiger partial charge in [0, 0.05) is 11.4 Å². The first-order chi connectivity index (χ1) is 12.0. The van der Waals surface area contributed by atoms with Crippen LogP contribution in [-0.4, -0.2) is 35.6 Å². The lowest BCUT2D eigenvalue weighted by atomic mass is 9.87. The molecule has 0 spiro atoms. The number of aromatic nitrogens is 2. The van der Waals surface area contributed by atoms with Crippen LogP contribution in [0.1, 0.15) is 55.0 Å². The van der Waals surface area contributed by atoms with Crippen LogP contribution in [0.5, 0.6) is 0 Å². The molecule has 1 unspecified atom stereocenters. The van der Waals surface area contributed by atoms with Crippen LogP contribution >= 0.6 is 0 Å². The molecule has 26 heavy (non-hydrogen) atoms. The largest absolute Gasteiger partial charge is 0.321 e. The number of carbonyl (C=O) groups is 1. The van der Waals surface area contributed by atoms with Gasteiger partial charge in [0.05, 0.1) is 17.5 Å². The molecule has 1 saturated heterocycles. The van der Waals surface area contributed by atoms with E-state index in [9.17, 15) is 13.2 Å². The Morgan fingerprint density at radius 3 is 2.42 bits per heavy atom. The highest BCUT2D eigenvalue weighted by Gasteiger charge is 2.31. The molecule has 0 bridgehead atoms. The highest BCUT2D eigenvalue weighted by Crippen LogP contribution is 2.26. The lowest BCUT2D eigenvalue weighted by Gasteiger charge is -2.19. The van der Waals surface area contributed by atoms with Gasteiger partial charge in [0.1, 0.15) is 0 Å². The van der Waals surface area contributed by atoms with E-state index in [1.54, 1.807) is 10.7 Å². The van der Waals surface area contributed by atoms with Crippen molar-refractivity contribution in [3.8, 4) is 0 Å². The Morgan fingerprint density at radius 2 is 1.88 bits per heavy atom. The van der Waals surface area contributed by atoms with Crippen molar-refractivity contribution in [3.63, 3.8) is 0 Å². The van der Waals surface area contributed by atoms with Gasteiger partial charge in [-0.05, 0) is 42.5 Å². The second-order valence-corrected chi connectivity index (χ2v) is 10.2. The number of nitrogens with zero attached hydrogens (tertiary/aromatic N) is 2. The van der Waals surface area contributed by atoms with Gasteiger partial charge in [-0.3, -0.25) is 9.48 Å². The summed E-state index contributed by atoms with van der Waals surface area (Å²) in [6.45, 7) is 8.25. The highest BCUT2D eigenvalue weighted by atomic mass is 32.2. The molecule has 0 saturated carbocycles. The SMILES string of the molecule is Cc1cc(C(=O)Nc2ccc(C(C)(C)C)cc2)nn1C1CCS(=O)(=O)C1. The fourth-order valence-electron chi connectivity index (χ4n) is 3.19. The summed E-state index contributed by atoms with van der Waals surface area (Å²) in [5.74, 6) is -0.0278. The molecule has 1 aromatic heterocycles. The molecule has 7 heteroatoms. The topological polar surface area (TPSA) is 81.1 Å². The summed E-state index contributed by atoms with van der Waals surface area (Å²) in [7, 11) is -3.00. The summed E-state index contributed by atoms with van der Waals surface area (Å²) in [5.41, 5.74) is 3.05. The van der Waals surface area contributed by atoms with E-state index in [1.165, 1.54) is 5.56 Å². The first-order valence-electron chi connectivity index (χ1n) is 8.74. The van der Waals surface area contributed by atoms with Crippen LogP contribution in [0, 0.1) is 6.92 Å². The number of aryl methyl sites for hydroxylation is 1. The summed E-state index contributed by atoms with van der Waals surface area (Å²) in [4.78, 5) is 12.5. The van der Waals surface area contributed by atoms with Gasteiger partial charge in [-0.2, -0.15) is 5.10 Å². The minimum absolute atomic E-state index is 0.0556. The molecule has 0 aliphatic carbocycles. The summed E-state index contributed by atoms with van der Waals surface area (Å²) in [6, 6.07) is 9.28. The van der Waals surface area contributed by atoms with E-state index >= 15 is 0 Å². The summed E-state index contributed by atoms with van der Waals surface area (Å²) in [5, 5.41) is 7.20. The number of hydrogen-bond acceptors (Lipinski definition) is 4. The summed E-state index contributed by atoms with van der Waals surface area (Å²) in [6.07, 6.45) is 0.542. The van der Waals surface area contributed by atoms with Gasteiger partial charge in [-0.25, -0.2) is 8.42 Å². The minimum atomic E-state index is -3.00. The Hall–Kier alpha value is -2.15. The fourth-order valence-corrected chi connectivity index (χ4v) is 4.88. The van der Waals surface area contributed by atoms with Crippen molar-refractivity contribution < 1.29 is 13.2 Å². The number of rotatable bonds is 3. The quantitative estimate of drug-likeness (QED) is 0.894. The van der Waals surface area contributed by atoms with Crippen molar-refractivity contribution in [2.45, 2.75) is 45.6 Å². The molecule has 6 nitrogen and oxygen atoms in total. The lowest BCUT2D eigenvalue weighted by molar-refractivity contribution is 0.102. The third-order valence-corrected chi connectivity index (χ3v) is 6.47. The van der Waals surface area contributed by atoms with Gasteiger partial charge >= 0.3 is 0 Å². The van der Waals surface area contributed by atoms with Gasteiger partial charge in [-0.15, -0.1) is 0 Å². The molecule has 1 atom stereocenters. The summed E-state index contributed by atoms with van der Waals surface area (Å²) < 4.78 is 25.0. The standard InChI is InChI=1S/C19H25N3O3S/c1-13-11-17(21-22(13)16-9-10-26(24,25)12-16)18(23)20-15-7-5-14(6-8-15)19(2,3)4/h5-8,11,16H,9-10,12H2,1-4H3,(H,20,23). The maximum Gasteiger partial charge on any atom is 0.276 e. The molecule has 140 valence electrons. The maximum atomic E-state index is 12.5. The van der Waals surface area contributed by atoms with Crippen LogP contribution < -0.4 is 5.32 Å². The van der Waals surface area contributed by atoms with E-state index in [0.717, 1.165) is 5.69 Å². The number of hydrogen-bond donors (Lipinski definition) is 1.